The van der Waals surface area contributed by atoms with Crippen molar-refractivity contribution in [1.29, 1.82) is 0 Å². The van der Waals surface area contributed by atoms with Crippen LogP contribution in [0.1, 0.15) is 52.5 Å². The molecule has 4 heteroatoms. The molecule has 1 heterocycles. The van der Waals surface area contributed by atoms with Gasteiger partial charge in [-0.15, -0.1) is 0 Å². The van der Waals surface area contributed by atoms with Crippen LogP contribution in [-0.4, -0.2) is 35.6 Å². The van der Waals surface area contributed by atoms with Crippen LogP contribution in [0.3, 0.4) is 0 Å². The highest BCUT2D eigenvalue weighted by Gasteiger charge is 2.40. The molecule has 0 unspecified atom stereocenters. The Morgan fingerprint density at radius 2 is 2.00 bits per heavy atom. The molecule has 0 saturated carbocycles. The maximum atomic E-state index is 10.8. The first-order valence-electron chi connectivity index (χ1n) is 8.67. The van der Waals surface area contributed by atoms with E-state index in [-0.39, 0.29) is 11.7 Å². The highest BCUT2D eigenvalue weighted by molar-refractivity contribution is 5.27. The Bertz CT molecular complexity index is 488. The van der Waals surface area contributed by atoms with E-state index < -0.39 is 5.60 Å². The van der Waals surface area contributed by atoms with E-state index >= 15 is 0 Å². The summed E-state index contributed by atoms with van der Waals surface area (Å²) in [6.07, 6.45) is 2.49. The Kier molecular flexibility index (Phi) is 6.06. The molecule has 1 saturated heterocycles. The first-order valence-corrected chi connectivity index (χ1v) is 8.67. The third kappa shape index (κ3) is 5.48. The minimum atomic E-state index is -0.677. The van der Waals surface area contributed by atoms with Crippen molar-refractivity contribution in [3.63, 3.8) is 0 Å². The number of ether oxygens (including phenoxy) is 2. The van der Waals surface area contributed by atoms with Gasteiger partial charge in [0.25, 0.3) is 0 Å². The summed E-state index contributed by atoms with van der Waals surface area (Å²) in [6, 6.07) is 8.12. The molecule has 0 bridgehead atoms. The Hall–Kier alpha value is -1.10. The number of aliphatic hydroxyl groups is 1. The van der Waals surface area contributed by atoms with E-state index in [2.05, 4.69) is 31.3 Å². The second-order valence-corrected chi connectivity index (χ2v) is 7.22. The smallest absolute Gasteiger partial charge is 0.119 e. The Morgan fingerprint density at radius 3 is 2.61 bits per heavy atom. The molecule has 2 atom stereocenters. The van der Waals surface area contributed by atoms with Crippen molar-refractivity contribution >= 4 is 0 Å². The molecule has 1 aliphatic heterocycles. The lowest BCUT2D eigenvalue weighted by Gasteiger charge is -2.43. The molecule has 23 heavy (non-hydrogen) atoms. The van der Waals surface area contributed by atoms with Gasteiger partial charge in [-0.25, -0.2) is 0 Å². The average Bonchev–Trinajstić information content (AvgIpc) is 2.48. The van der Waals surface area contributed by atoms with Crippen molar-refractivity contribution in [3.05, 3.63) is 29.8 Å². The van der Waals surface area contributed by atoms with Gasteiger partial charge in [-0.3, -0.25) is 0 Å². The predicted octanol–water partition coefficient (Wildman–Crippen LogP) is 3.27. The van der Waals surface area contributed by atoms with Crippen LogP contribution in [0.4, 0.5) is 0 Å². The molecule has 0 aliphatic carbocycles. The fraction of sp³-hybridized carbons (Fsp3) is 0.684. The molecule has 1 aliphatic rings. The van der Waals surface area contributed by atoms with Crippen molar-refractivity contribution in [2.75, 3.05) is 13.2 Å². The van der Waals surface area contributed by atoms with E-state index in [1.165, 1.54) is 5.56 Å². The van der Waals surface area contributed by atoms with Crippen LogP contribution in [0.25, 0.3) is 0 Å². The van der Waals surface area contributed by atoms with E-state index in [0.29, 0.717) is 26.0 Å². The highest BCUT2D eigenvalue weighted by atomic mass is 16.5. The lowest BCUT2D eigenvalue weighted by molar-refractivity contribution is -0.151. The standard InChI is InChI=1S/C19H31NO3/c1-5-18(4)13-19(21,10-11-22-18)14-20-12-16-6-8-17(9-7-16)23-15(2)3/h6-9,15,20-21H,5,10-14H2,1-4H3/t18-,19+/m0/s1. The van der Waals surface area contributed by atoms with Gasteiger partial charge in [-0.2, -0.15) is 0 Å². The molecule has 2 N–H and O–H groups in total. The van der Waals surface area contributed by atoms with Crippen LogP contribution in [0.5, 0.6) is 5.75 Å². The van der Waals surface area contributed by atoms with Crippen LogP contribution in [0, 0.1) is 0 Å². The fourth-order valence-corrected chi connectivity index (χ4v) is 3.10. The van der Waals surface area contributed by atoms with Gasteiger partial charge >= 0.3 is 0 Å². The predicted molar refractivity (Wildman–Crippen MR) is 92.7 cm³/mol. The van der Waals surface area contributed by atoms with E-state index in [9.17, 15) is 5.11 Å². The van der Waals surface area contributed by atoms with Gasteiger partial charge in [-0.05, 0) is 44.9 Å². The van der Waals surface area contributed by atoms with Crippen LogP contribution in [-0.2, 0) is 11.3 Å². The number of nitrogens with one attached hydrogen (secondary N) is 1. The Morgan fingerprint density at radius 1 is 1.30 bits per heavy atom. The van der Waals surface area contributed by atoms with E-state index in [1.807, 2.05) is 26.0 Å². The number of rotatable bonds is 7. The molecule has 2 rings (SSSR count). The summed E-state index contributed by atoms with van der Waals surface area (Å²) in [5, 5.41) is 14.2. The first kappa shape index (κ1) is 18.2. The second-order valence-electron chi connectivity index (χ2n) is 7.22. The summed E-state index contributed by atoms with van der Waals surface area (Å²) in [7, 11) is 0. The van der Waals surface area contributed by atoms with Crippen molar-refractivity contribution in [2.24, 2.45) is 0 Å². The number of hydrogen-bond acceptors (Lipinski definition) is 4. The normalized spacial score (nSPS) is 28.1. The van der Waals surface area contributed by atoms with Gasteiger partial charge in [0, 0.05) is 25.9 Å². The lowest BCUT2D eigenvalue weighted by Crippen LogP contribution is -2.52. The van der Waals surface area contributed by atoms with Gasteiger partial charge in [0.2, 0.25) is 0 Å². The lowest BCUT2D eigenvalue weighted by atomic mass is 9.82. The second kappa shape index (κ2) is 7.65. The summed E-state index contributed by atoms with van der Waals surface area (Å²) in [5.74, 6) is 0.894. The van der Waals surface area contributed by atoms with Gasteiger partial charge in [0.1, 0.15) is 5.75 Å². The third-order valence-corrected chi connectivity index (χ3v) is 4.55. The van der Waals surface area contributed by atoms with Crippen LogP contribution >= 0.6 is 0 Å². The molecule has 0 spiro atoms. The van der Waals surface area contributed by atoms with Crippen LogP contribution in [0.15, 0.2) is 24.3 Å². The topological polar surface area (TPSA) is 50.7 Å². The molecule has 0 aromatic heterocycles. The molecule has 130 valence electrons. The van der Waals surface area contributed by atoms with Gasteiger partial charge in [-0.1, -0.05) is 19.1 Å². The summed E-state index contributed by atoms with van der Waals surface area (Å²) in [4.78, 5) is 0. The van der Waals surface area contributed by atoms with Crippen molar-refractivity contribution in [1.82, 2.24) is 5.32 Å². The molecule has 1 fully saturated rings. The molecule has 1 aromatic rings. The molecular formula is C19H31NO3. The highest BCUT2D eigenvalue weighted by Crippen LogP contribution is 2.34. The van der Waals surface area contributed by atoms with E-state index in [4.69, 9.17) is 9.47 Å². The summed E-state index contributed by atoms with van der Waals surface area (Å²) in [5.41, 5.74) is 0.309. The SMILES string of the molecule is CC[C@@]1(C)C[C@@](O)(CNCc2ccc(OC(C)C)cc2)CCO1. The molecule has 0 amide bonds. The summed E-state index contributed by atoms with van der Waals surface area (Å²) >= 11 is 0. The minimum Gasteiger partial charge on any atom is -0.491 e. The average molecular weight is 321 g/mol. The minimum absolute atomic E-state index is 0.189. The quantitative estimate of drug-likeness (QED) is 0.809. The van der Waals surface area contributed by atoms with Crippen molar-refractivity contribution in [3.8, 4) is 5.75 Å². The summed E-state index contributed by atoms with van der Waals surface area (Å²) < 4.78 is 11.5. The monoisotopic (exact) mass is 321 g/mol. The number of benzene rings is 1. The zero-order valence-electron chi connectivity index (χ0n) is 14.9. The molecule has 1 aromatic carbocycles. The zero-order valence-corrected chi connectivity index (χ0v) is 14.9. The maximum absolute atomic E-state index is 10.8. The van der Waals surface area contributed by atoms with Gasteiger partial charge in [0.15, 0.2) is 0 Å². The van der Waals surface area contributed by atoms with E-state index in [1.54, 1.807) is 0 Å². The third-order valence-electron chi connectivity index (χ3n) is 4.55. The van der Waals surface area contributed by atoms with Crippen LogP contribution < -0.4 is 10.1 Å². The molecule has 0 radical (unpaired) electrons. The largest absolute Gasteiger partial charge is 0.491 e. The van der Waals surface area contributed by atoms with Gasteiger partial charge < -0.3 is 19.9 Å². The molecule has 4 nitrogen and oxygen atoms in total. The Labute approximate surface area is 140 Å². The Balaban J connectivity index is 1.82. The maximum Gasteiger partial charge on any atom is 0.119 e. The van der Waals surface area contributed by atoms with E-state index in [0.717, 1.165) is 18.7 Å². The van der Waals surface area contributed by atoms with Crippen molar-refractivity contribution < 1.29 is 14.6 Å². The van der Waals surface area contributed by atoms with Crippen LogP contribution in [0.2, 0.25) is 0 Å². The zero-order chi connectivity index (χ0) is 16.9. The van der Waals surface area contributed by atoms with Crippen molar-refractivity contribution in [2.45, 2.75) is 70.8 Å². The first-order chi connectivity index (χ1) is 10.8. The molecular weight excluding hydrogens is 290 g/mol. The van der Waals surface area contributed by atoms with Gasteiger partial charge in [0.05, 0.1) is 23.9 Å². The number of hydrogen-bond donors (Lipinski definition) is 2. The summed E-state index contributed by atoms with van der Waals surface area (Å²) in [6.45, 7) is 10.2. The fourth-order valence-electron chi connectivity index (χ4n) is 3.10.